The molecule has 1 aliphatic carbocycles. The number of ether oxygens (including phenoxy) is 1. The molecule has 0 unspecified atom stereocenters. The number of nitrogens with zero attached hydrogens (tertiary/aromatic N) is 1. The first-order valence-corrected chi connectivity index (χ1v) is 8.01. The first-order valence-electron chi connectivity index (χ1n) is 7.25. The molecule has 5 nitrogen and oxygen atoms in total. The van der Waals surface area contributed by atoms with Crippen molar-refractivity contribution in [1.82, 2.24) is 4.90 Å². The Morgan fingerprint density at radius 2 is 1.92 bits per heavy atom. The summed E-state index contributed by atoms with van der Waals surface area (Å²) in [6.45, 7) is 0. The second-order valence-electron chi connectivity index (χ2n) is 5.39. The van der Waals surface area contributed by atoms with Gasteiger partial charge in [0.15, 0.2) is 11.5 Å². The van der Waals surface area contributed by atoms with Gasteiger partial charge in [-0.15, -0.1) is 0 Å². The largest absolute Gasteiger partial charge is 0.505 e. The van der Waals surface area contributed by atoms with Crippen molar-refractivity contribution in [3.8, 4) is 5.75 Å². The van der Waals surface area contributed by atoms with Gasteiger partial charge in [0.1, 0.15) is 12.0 Å². The highest BCUT2D eigenvalue weighted by Gasteiger charge is 2.21. The summed E-state index contributed by atoms with van der Waals surface area (Å²) in [7, 11) is 0. The fourth-order valence-electron chi connectivity index (χ4n) is 2.48. The van der Waals surface area contributed by atoms with Gasteiger partial charge in [0.25, 0.3) is 5.91 Å². The third kappa shape index (κ3) is 3.32. The maximum atomic E-state index is 12.6. The first-order chi connectivity index (χ1) is 11.5. The lowest BCUT2D eigenvalue weighted by atomic mass is 9.97. The standard InChI is InChI=1S/C17H13Cl2NO4/c18-13-7-11(8-14(19)16(13)22)17(23)20-4-5-24-15(9-20)10-2-1-3-12(21)6-10/h4-9,22H,1-3H2. The number of halogens is 2. The lowest BCUT2D eigenvalue weighted by molar-refractivity contribution is -0.115. The average Bonchev–Trinajstić information content (AvgIpc) is 2.58. The number of benzene rings is 1. The van der Waals surface area contributed by atoms with Gasteiger partial charge >= 0.3 is 0 Å². The molecular formula is C17H13Cl2NO4. The fourth-order valence-corrected chi connectivity index (χ4v) is 2.97. The van der Waals surface area contributed by atoms with Crippen molar-refractivity contribution >= 4 is 34.9 Å². The number of hydrogen-bond donors (Lipinski definition) is 1. The van der Waals surface area contributed by atoms with Crippen molar-refractivity contribution in [2.45, 2.75) is 19.3 Å². The van der Waals surface area contributed by atoms with Crippen LogP contribution in [0.2, 0.25) is 10.0 Å². The van der Waals surface area contributed by atoms with Crippen LogP contribution in [0.1, 0.15) is 29.6 Å². The Kier molecular flexibility index (Phi) is 4.64. The summed E-state index contributed by atoms with van der Waals surface area (Å²) in [5.41, 5.74) is 0.980. The quantitative estimate of drug-likeness (QED) is 0.854. The van der Waals surface area contributed by atoms with Gasteiger partial charge in [-0.2, -0.15) is 0 Å². The van der Waals surface area contributed by atoms with Crippen molar-refractivity contribution in [3.05, 3.63) is 63.8 Å². The van der Waals surface area contributed by atoms with Crippen LogP contribution in [-0.4, -0.2) is 21.7 Å². The van der Waals surface area contributed by atoms with Crippen molar-refractivity contribution in [2.75, 3.05) is 0 Å². The van der Waals surface area contributed by atoms with Crippen LogP contribution in [0.15, 0.2) is 48.2 Å². The van der Waals surface area contributed by atoms with E-state index >= 15 is 0 Å². The molecule has 1 heterocycles. The molecule has 1 amide bonds. The highest BCUT2D eigenvalue weighted by Crippen LogP contribution is 2.33. The van der Waals surface area contributed by atoms with Crippen LogP contribution in [-0.2, 0) is 9.53 Å². The van der Waals surface area contributed by atoms with Crippen molar-refractivity contribution in [2.24, 2.45) is 0 Å². The summed E-state index contributed by atoms with van der Waals surface area (Å²) >= 11 is 11.7. The number of phenolic OH excluding ortho intramolecular Hbond substituents is 1. The molecular weight excluding hydrogens is 353 g/mol. The Morgan fingerprint density at radius 1 is 1.21 bits per heavy atom. The summed E-state index contributed by atoms with van der Waals surface area (Å²) in [4.78, 5) is 25.5. The topological polar surface area (TPSA) is 66.8 Å². The second-order valence-corrected chi connectivity index (χ2v) is 6.20. The summed E-state index contributed by atoms with van der Waals surface area (Å²) in [5.74, 6) is -0.159. The van der Waals surface area contributed by atoms with Crippen LogP contribution < -0.4 is 0 Å². The van der Waals surface area contributed by atoms with Gasteiger partial charge in [-0.3, -0.25) is 14.5 Å². The molecule has 0 aromatic heterocycles. The van der Waals surface area contributed by atoms with Gasteiger partial charge in [0.05, 0.1) is 16.2 Å². The number of allylic oxidation sites excluding steroid dienone is 2. The molecule has 1 aromatic carbocycles. The molecule has 0 bridgehead atoms. The second kappa shape index (κ2) is 6.71. The lowest BCUT2D eigenvalue weighted by Gasteiger charge is -2.22. The number of aromatic hydroxyl groups is 1. The molecule has 2 aliphatic rings. The van der Waals surface area contributed by atoms with E-state index in [1.807, 2.05) is 0 Å². The van der Waals surface area contributed by atoms with Gasteiger partial charge in [0.2, 0.25) is 0 Å². The molecule has 124 valence electrons. The Labute approximate surface area is 148 Å². The zero-order chi connectivity index (χ0) is 17.3. The van der Waals surface area contributed by atoms with E-state index in [4.69, 9.17) is 27.9 Å². The van der Waals surface area contributed by atoms with E-state index in [9.17, 15) is 14.7 Å². The van der Waals surface area contributed by atoms with E-state index in [2.05, 4.69) is 0 Å². The SMILES string of the molecule is O=C1C=C(C2=CN(C(=O)c3cc(Cl)c(O)c(Cl)c3)C=CO2)CCC1. The summed E-state index contributed by atoms with van der Waals surface area (Å²) in [6.07, 6.45) is 7.88. The number of amides is 1. The minimum Gasteiger partial charge on any atom is -0.505 e. The van der Waals surface area contributed by atoms with Crippen LogP contribution in [0.4, 0.5) is 0 Å². The number of carbonyl (C=O) groups excluding carboxylic acids is 2. The van der Waals surface area contributed by atoms with E-state index in [1.165, 1.54) is 35.7 Å². The molecule has 7 heteroatoms. The van der Waals surface area contributed by atoms with Crippen LogP contribution >= 0.6 is 23.2 Å². The number of carbonyl (C=O) groups is 2. The van der Waals surface area contributed by atoms with Crippen LogP contribution in [0.3, 0.4) is 0 Å². The maximum Gasteiger partial charge on any atom is 0.262 e. The Balaban J connectivity index is 1.89. The molecule has 0 saturated heterocycles. The van der Waals surface area contributed by atoms with E-state index in [1.54, 1.807) is 6.08 Å². The minimum absolute atomic E-state index is 0.00659. The molecule has 0 radical (unpaired) electrons. The van der Waals surface area contributed by atoms with E-state index in [0.29, 0.717) is 18.6 Å². The summed E-state index contributed by atoms with van der Waals surface area (Å²) < 4.78 is 5.42. The van der Waals surface area contributed by atoms with Gasteiger partial charge in [0, 0.05) is 18.2 Å². The Bertz CT molecular complexity index is 788. The number of phenols is 1. The third-order valence-corrected chi connectivity index (χ3v) is 4.27. The number of ketones is 1. The van der Waals surface area contributed by atoms with Crippen molar-refractivity contribution < 1.29 is 19.4 Å². The number of rotatable bonds is 2. The van der Waals surface area contributed by atoms with Crippen LogP contribution in [0.25, 0.3) is 0 Å². The normalized spacial score (nSPS) is 17.2. The summed E-state index contributed by atoms with van der Waals surface area (Å²) in [6, 6.07) is 2.68. The molecule has 0 saturated carbocycles. The molecule has 0 atom stereocenters. The molecule has 0 fully saturated rings. The van der Waals surface area contributed by atoms with E-state index in [-0.39, 0.29) is 27.1 Å². The monoisotopic (exact) mass is 365 g/mol. The Hall–Kier alpha value is -2.24. The van der Waals surface area contributed by atoms with Gasteiger partial charge in [-0.1, -0.05) is 23.2 Å². The molecule has 1 N–H and O–H groups in total. The lowest BCUT2D eigenvalue weighted by Crippen LogP contribution is -2.23. The molecule has 1 aromatic rings. The first kappa shape index (κ1) is 16.6. The van der Waals surface area contributed by atoms with E-state index in [0.717, 1.165) is 12.0 Å². The highest BCUT2D eigenvalue weighted by atomic mass is 35.5. The van der Waals surface area contributed by atoms with Crippen LogP contribution in [0.5, 0.6) is 5.75 Å². The predicted octanol–water partition coefficient (Wildman–Crippen LogP) is 4.16. The molecule has 0 spiro atoms. The molecule has 3 rings (SSSR count). The average molecular weight is 366 g/mol. The zero-order valence-electron chi connectivity index (χ0n) is 12.5. The van der Waals surface area contributed by atoms with Gasteiger partial charge in [-0.25, -0.2) is 0 Å². The summed E-state index contributed by atoms with van der Waals surface area (Å²) in [5, 5.41) is 9.57. The van der Waals surface area contributed by atoms with Crippen molar-refractivity contribution in [3.63, 3.8) is 0 Å². The van der Waals surface area contributed by atoms with E-state index < -0.39 is 5.91 Å². The third-order valence-electron chi connectivity index (χ3n) is 3.69. The zero-order valence-corrected chi connectivity index (χ0v) is 14.0. The fraction of sp³-hybridized carbons (Fsp3) is 0.176. The number of hydrogen-bond acceptors (Lipinski definition) is 4. The van der Waals surface area contributed by atoms with Gasteiger partial charge in [-0.05, 0) is 36.6 Å². The molecule has 1 aliphatic heterocycles. The Morgan fingerprint density at radius 3 is 2.58 bits per heavy atom. The van der Waals surface area contributed by atoms with Gasteiger partial charge < -0.3 is 9.84 Å². The predicted molar refractivity (Wildman–Crippen MR) is 89.5 cm³/mol. The smallest absolute Gasteiger partial charge is 0.262 e. The highest BCUT2D eigenvalue weighted by molar-refractivity contribution is 6.37. The van der Waals surface area contributed by atoms with Crippen LogP contribution in [0, 0.1) is 0 Å². The maximum absolute atomic E-state index is 12.6. The molecule has 24 heavy (non-hydrogen) atoms. The van der Waals surface area contributed by atoms with Crippen molar-refractivity contribution in [1.29, 1.82) is 0 Å². The minimum atomic E-state index is -0.390.